The molecule has 4 nitrogen and oxygen atoms in total. The number of rotatable bonds is 3. The van der Waals surface area contributed by atoms with Crippen molar-refractivity contribution in [3.8, 4) is 0 Å². The number of carbonyl (C=O) groups is 1. The van der Waals surface area contributed by atoms with E-state index in [-0.39, 0.29) is 24.3 Å². The SMILES string of the molecule is COC(C)C1COC(=O)N1C(C)C. The van der Waals surface area contributed by atoms with Crippen LogP contribution in [0.15, 0.2) is 0 Å². The Morgan fingerprint density at radius 2 is 2.15 bits per heavy atom. The third-order valence-electron chi connectivity index (χ3n) is 2.42. The third-order valence-corrected chi connectivity index (χ3v) is 2.42. The van der Waals surface area contributed by atoms with E-state index in [1.165, 1.54) is 0 Å². The lowest BCUT2D eigenvalue weighted by atomic mass is 10.1. The van der Waals surface area contributed by atoms with E-state index < -0.39 is 0 Å². The minimum atomic E-state index is -0.232. The Morgan fingerprint density at radius 3 is 2.62 bits per heavy atom. The summed E-state index contributed by atoms with van der Waals surface area (Å²) in [6.07, 6.45) is -0.210. The number of ether oxygens (including phenoxy) is 2. The predicted molar refractivity (Wildman–Crippen MR) is 48.6 cm³/mol. The average molecular weight is 187 g/mol. The molecule has 1 aliphatic rings. The molecule has 13 heavy (non-hydrogen) atoms. The van der Waals surface area contributed by atoms with E-state index in [1.807, 2.05) is 20.8 Å². The minimum Gasteiger partial charge on any atom is -0.447 e. The minimum absolute atomic E-state index is 0.0221. The predicted octanol–water partition coefficient (Wildman–Crippen LogP) is 1.25. The van der Waals surface area contributed by atoms with Gasteiger partial charge in [0.1, 0.15) is 6.61 Å². The van der Waals surface area contributed by atoms with E-state index >= 15 is 0 Å². The molecule has 1 aliphatic heterocycles. The van der Waals surface area contributed by atoms with Gasteiger partial charge in [-0.3, -0.25) is 4.90 Å². The van der Waals surface area contributed by atoms with Gasteiger partial charge in [0.05, 0.1) is 12.1 Å². The number of hydrogen-bond donors (Lipinski definition) is 0. The van der Waals surface area contributed by atoms with Crippen molar-refractivity contribution in [2.75, 3.05) is 13.7 Å². The summed E-state index contributed by atoms with van der Waals surface area (Å²) in [7, 11) is 1.64. The van der Waals surface area contributed by atoms with Crippen LogP contribution in [0.5, 0.6) is 0 Å². The molecule has 0 aromatic carbocycles. The molecular formula is C9H17NO3. The third kappa shape index (κ3) is 1.94. The highest BCUT2D eigenvalue weighted by Crippen LogP contribution is 2.19. The van der Waals surface area contributed by atoms with E-state index in [0.717, 1.165) is 0 Å². The number of cyclic esters (lactones) is 1. The van der Waals surface area contributed by atoms with Crippen molar-refractivity contribution >= 4 is 6.09 Å². The lowest BCUT2D eigenvalue weighted by Gasteiger charge is -2.28. The Balaban J connectivity index is 2.69. The first-order chi connectivity index (χ1) is 6.07. The van der Waals surface area contributed by atoms with Gasteiger partial charge in [0.25, 0.3) is 0 Å². The van der Waals surface area contributed by atoms with Gasteiger partial charge in [-0.2, -0.15) is 0 Å². The Morgan fingerprint density at radius 1 is 1.54 bits per heavy atom. The molecule has 2 unspecified atom stereocenters. The van der Waals surface area contributed by atoms with Crippen molar-refractivity contribution < 1.29 is 14.3 Å². The monoisotopic (exact) mass is 187 g/mol. The van der Waals surface area contributed by atoms with E-state index in [4.69, 9.17) is 9.47 Å². The highest BCUT2D eigenvalue weighted by molar-refractivity contribution is 5.70. The smallest absolute Gasteiger partial charge is 0.410 e. The maximum absolute atomic E-state index is 11.3. The van der Waals surface area contributed by atoms with Gasteiger partial charge in [-0.25, -0.2) is 4.79 Å². The van der Waals surface area contributed by atoms with E-state index in [0.29, 0.717) is 6.61 Å². The summed E-state index contributed by atoms with van der Waals surface area (Å²) >= 11 is 0. The van der Waals surface area contributed by atoms with Crippen LogP contribution in [0.3, 0.4) is 0 Å². The largest absolute Gasteiger partial charge is 0.447 e. The zero-order valence-electron chi connectivity index (χ0n) is 8.61. The second-order valence-electron chi connectivity index (χ2n) is 3.59. The molecule has 1 fully saturated rings. The second-order valence-corrected chi connectivity index (χ2v) is 3.59. The van der Waals surface area contributed by atoms with E-state index in [1.54, 1.807) is 12.0 Å². The van der Waals surface area contributed by atoms with Gasteiger partial charge in [0.15, 0.2) is 0 Å². The van der Waals surface area contributed by atoms with Gasteiger partial charge in [0, 0.05) is 13.2 Å². The fourth-order valence-corrected chi connectivity index (χ4v) is 1.56. The molecule has 1 heterocycles. The van der Waals surface area contributed by atoms with Gasteiger partial charge in [0.2, 0.25) is 0 Å². The van der Waals surface area contributed by atoms with Crippen LogP contribution in [0.2, 0.25) is 0 Å². The molecule has 1 saturated heterocycles. The molecule has 0 N–H and O–H groups in total. The molecule has 0 aliphatic carbocycles. The van der Waals surface area contributed by atoms with Crippen LogP contribution in [0, 0.1) is 0 Å². The summed E-state index contributed by atoms with van der Waals surface area (Å²) in [5.74, 6) is 0. The maximum atomic E-state index is 11.3. The molecule has 1 rings (SSSR count). The van der Waals surface area contributed by atoms with Crippen LogP contribution in [0.25, 0.3) is 0 Å². The highest BCUT2D eigenvalue weighted by atomic mass is 16.6. The number of carbonyl (C=O) groups excluding carboxylic acids is 1. The van der Waals surface area contributed by atoms with E-state index in [2.05, 4.69) is 0 Å². The molecule has 1 amide bonds. The summed E-state index contributed by atoms with van der Waals surface area (Å²) < 4.78 is 10.2. The standard InChI is InChI=1S/C9H17NO3/c1-6(2)10-8(7(3)12-4)5-13-9(10)11/h6-8H,5H2,1-4H3. The Hall–Kier alpha value is -0.770. The second kappa shape index (κ2) is 3.96. The molecule has 0 saturated carbocycles. The fourth-order valence-electron chi connectivity index (χ4n) is 1.56. The lowest BCUT2D eigenvalue weighted by molar-refractivity contribution is 0.0462. The number of hydrogen-bond acceptors (Lipinski definition) is 3. The van der Waals surface area contributed by atoms with Crippen LogP contribution in [0.1, 0.15) is 20.8 Å². The number of nitrogens with zero attached hydrogens (tertiary/aromatic N) is 1. The van der Waals surface area contributed by atoms with Gasteiger partial charge < -0.3 is 9.47 Å². The fraction of sp³-hybridized carbons (Fsp3) is 0.889. The first-order valence-corrected chi connectivity index (χ1v) is 4.55. The first kappa shape index (κ1) is 10.3. The van der Waals surface area contributed by atoms with Crippen molar-refractivity contribution in [1.82, 2.24) is 4.90 Å². The zero-order chi connectivity index (χ0) is 10.0. The molecule has 0 bridgehead atoms. The molecule has 4 heteroatoms. The average Bonchev–Trinajstić information content (AvgIpc) is 2.45. The van der Waals surface area contributed by atoms with Crippen LogP contribution >= 0.6 is 0 Å². The van der Waals surface area contributed by atoms with Crippen LogP contribution in [-0.2, 0) is 9.47 Å². The molecule has 0 aromatic heterocycles. The molecule has 76 valence electrons. The van der Waals surface area contributed by atoms with Crippen molar-refractivity contribution in [2.45, 2.75) is 39.0 Å². The summed E-state index contributed by atoms with van der Waals surface area (Å²) in [6.45, 7) is 6.33. The molecule has 0 radical (unpaired) electrons. The summed E-state index contributed by atoms with van der Waals surface area (Å²) in [6, 6.07) is 0.218. The molecular weight excluding hydrogens is 170 g/mol. The van der Waals surface area contributed by atoms with Gasteiger partial charge in [-0.05, 0) is 20.8 Å². The van der Waals surface area contributed by atoms with Gasteiger partial charge >= 0.3 is 6.09 Å². The normalized spacial score (nSPS) is 25.2. The van der Waals surface area contributed by atoms with Gasteiger partial charge in [-0.15, -0.1) is 0 Å². The van der Waals surface area contributed by atoms with Crippen molar-refractivity contribution in [1.29, 1.82) is 0 Å². The topological polar surface area (TPSA) is 38.8 Å². The highest BCUT2D eigenvalue weighted by Gasteiger charge is 2.38. The maximum Gasteiger partial charge on any atom is 0.410 e. The summed E-state index contributed by atoms with van der Waals surface area (Å²) in [4.78, 5) is 13.0. The Kier molecular flexibility index (Phi) is 3.14. The summed E-state index contributed by atoms with van der Waals surface area (Å²) in [5, 5.41) is 0. The van der Waals surface area contributed by atoms with Crippen LogP contribution in [-0.4, -0.2) is 42.9 Å². The molecule has 0 aromatic rings. The van der Waals surface area contributed by atoms with Crippen LogP contribution in [0.4, 0.5) is 4.79 Å². The molecule has 0 spiro atoms. The first-order valence-electron chi connectivity index (χ1n) is 4.55. The Bertz CT molecular complexity index is 193. The molecule has 2 atom stereocenters. The van der Waals surface area contributed by atoms with E-state index in [9.17, 15) is 4.79 Å². The summed E-state index contributed by atoms with van der Waals surface area (Å²) in [5.41, 5.74) is 0. The lowest BCUT2D eigenvalue weighted by Crippen LogP contribution is -2.45. The van der Waals surface area contributed by atoms with Crippen molar-refractivity contribution in [3.05, 3.63) is 0 Å². The zero-order valence-corrected chi connectivity index (χ0v) is 8.61. The number of methoxy groups -OCH3 is 1. The number of amides is 1. The van der Waals surface area contributed by atoms with Crippen molar-refractivity contribution in [2.24, 2.45) is 0 Å². The van der Waals surface area contributed by atoms with Gasteiger partial charge in [-0.1, -0.05) is 0 Å². The Labute approximate surface area is 78.8 Å². The van der Waals surface area contributed by atoms with Crippen LogP contribution < -0.4 is 0 Å². The van der Waals surface area contributed by atoms with Crippen molar-refractivity contribution in [3.63, 3.8) is 0 Å². The quantitative estimate of drug-likeness (QED) is 0.667.